The Hall–Kier alpha value is -4.35. The summed E-state index contributed by atoms with van der Waals surface area (Å²) in [6.45, 7) is 19.0. The number of hydrogen-bond acceptors (Lipinski definition) is 11. The Bertz CT molecular complexity index is 1160. The van der Waals surface area contributed by atoms with Crippen molar-refractivity contribution < 1.29 is 52.9 Å². The van der Waals surface area contributed by atoms with Crippen LogP contribution in [-0.2, 0) is 59.3 Å². The highest BCUT2D eigenvalue weighted by atomic mass is 17.2. The van der Waals surface area contributed by atoms with Gasteiger partial charge in [0.2, 0.25) is 11.5 Å². The van der Waals surface area contributed by atoms with Crippen molar-refractivity contribution in [2.24, 2.45) is 0 Å². The van der Waals surface area contributed by atoms with E-state index in [1.54, 1.807) is 27.7 Å². The summed E-state index contributed by atoms with van der Waals surface area (Å²) in [7, 11) is 0. The van der Waals surface area contributed by atoms with Crippen molar-refractivity contribution in [2.75, 3.05) is 0 Å². The van der Waals surface area contributed by atoms with Crippen LogP contribution < -0.4 is 0 Å². The van der Waals surface area contributed by atoms with E-state index in [0.717, 1.165) is 11.1 Å². The second kappa shape index (κ2) is 13.5. The number of carbonyl (C=O) groups is 3. The summed E-state index contributed by atoms with van der Waals surface area (Å²) in [5, 5.41) is 0. The standard InChI is InChI=1S/C31H38O11/c1-21(39-41-28(3,4)23-17-13-11-14-18-23)25(32)35-30(7,8)37-27(34)38-31(9,10)36-26(33)22(2)40-42-29(5,6)24-19-15-12-16-20-24/h11-20H,1-2H2,3-10H3. The Morgan fingerprint density at radius 1 is 0.524 bits per heavy atom. The molecule has 0 amide bonds. The van der Waals surface area contributed by atoms with Crippen LogP contribution in [0.1, 0.15) is 66.5 Å². The number of benzene rings is 2. The second-order valence-corrected chi connectivity index (χ2v) is 11.0. The molecule has 228 valence electrons. The molecule has 11 heteroatoms. The lowest BCUT2D eigenvalue weighted by Gasteiger charge is -2.29. The summed E-state index contributed by atoms with van der Waals surface area (Å²) in [5.74, 6) is -6.77. The fourth-order valence-corrected chi connectivity index (χ4v) is 3.18. The molecule has 42 heavy (non-hydrogen) atoms. The average Bonchev–Trinajstić information content (AvgIpc) is 2.90. The molecule has 0 atom stereocenters. The maximum atomic E-state index is 12.5. The maximum Gasteiger partial charge on any atom is 0.514 e. The van der Waals surface area contributed by atoms with Gasteiger partial charge in [0.15, 0.2) is 0 Å². The lowest BCUT2D eigenvalue weighted by Crippen LogP contribution is -2.40. The van der Waals surface area contributed by atoms with E-state index >= 15 is 0 Å². The first-order valence-corrected chi connectivity index (χ1v) is 12.9. The van der Waals surface area contributed by atoms with Gasteiger partial charge in [0.25, 0.3) is 11.6 Å². The van der Waals surface area contributed by atoms with Crippen molar-refractivity contribution in [3.8, 4) is 0 Å². The molecule has 0 saturated heterocycles. The largest absolute Gasteiger partial charge is 0.514 e. The van der Waals surface area contributed by atoms with Gasteiger partial charge in [-0.2, -0.15) is 9.78 Å². The summed E-state index contributed by atoms with van der Waals surface area (Å²) in [4.78, 5) is 58.2. The summed E-state index contributed by atoms with van der Waals surface area (Å²) < 4.78 is 20.5. The smallest absolute Gasteiger partial charge is 0.417 e. The number of rotatable bonds is 14. The van der Waals surface area contributed by atoms with Crippen LogP contribution in [0.2, 0.25) is 0 Å². The van der Waals surface area contributed by atoms with Crippen LogP contribution in [0.4, 0.5) is 4.79 Å². The van der Waals surface area contributed by atoms with Crippen LogP contribution in [0.15, 0.2) is 85.3 Å². The molecule has 0 bridgehead atoms. The quantitative estimate of drug-likeness (QED) is 0.0602. The predicted octanol–water partition coefficient (Wildman–Crippen LogP) is 6.49. The first kappa shape index (κ1) is 33.9. The molecule has 0 aliphatic carbocycles. The topological polar surface area (TPSA) is 125 Å². The van der Waals surface area contributed by atoms with Gasteiger partial charge in [-0.15, -0.1) is 0 Å². The highest BCUT2D eigenvalue weighted by molar-refractivity contribution is 5.86. The fourth-order valence-electron chi connectivity index (χ4n) is 3.18. The molecular formula is C31H38O11. The molecule has 0 saturated carbocycles. The van der Waals surface area contributed by atoms with Gasteiger partial charge in [0, 0.05) is 27.7 Å². The molecule has 0 spiro atoms. The summed E-state index contributed by atoms with van der Waals surface area (Å²) in [6, 6.07) is 18.3. The van der Waals surface area contributed by atoms with Crippen LogP contribution in [-0.4, -0.2) is 29.7 Å². The minimum atomic E-state index is -1.83. The molecule has 0 N–H and O–H groups in total. The van der Waals surface area contributed by atoms with Crippen LogP contribution in [0, 0.1) is 0 Å². The number of carbonyl (C=O) groups excluding carboxylic acids is 3. The average molecular weight is 587 g/mol. The zero-order chi connectivity index (χ0) is 31.8. The van der Waals surface area contributed by atoms with Gasteiger partial charge in [0.05, 0.1) is 0 Å². The summed E-state index contributed by atoms with van der Waals surface area (Å²) in [5.41, 5.74) is -0.243. The van der Waals surface area contributed by atoms with Gasteiger partial charge in [0.1, 0.15) is 11.2 Å². The van der Waals surface area contributed by atoms with Crippen molar-refractivity contribution in [3.63, 3.8) is 0 Å². The van der Waals surface area contributed by atoms with Crippen molar-refractivity contribution in [2.45, 2.75) is 78.2 Å². The lowest BCUT2D eigenvalue weighted by molar-refractivity contribution is -0.333. The van der Waals surface area contributed by atoms with Gasteiger partial charge in [-0.3, -0.25) is 0 Å². The van der Waals surface area contributed by atoms with E-state index in [1.807, 2.05) is 60.7 Å². The van der Waals surface area contributed by atoms with Gasteiger partial charge in [-0.25, -0.2) is 14.4 Å². The molecule has 0 aromatic heterocycles. The molecule has 2 aromatic carbocycles. The molecule has 2 rings (SSSR count). The van der Waals surface area contributed by atoms with Crippen molar-refractivity contribution in [3.05, 3.63) is 96.5 Å². The first-order chi connectivity index (χ1) is 19.3. The third kappa shape index (κ3) is 10.6. The molecule has 0 radical (unpaired) electrons. The van der Waals surface area contributed by atoms with E-state index in [2.05, 4.69) is 13.2 Å². The third-order valence-electron chi connectivity index (χ3n) is 5.43. The molecule has 0 unspecified atom stereocenters. The molecule has 0 heterocycles. The fraction of sp³-hybridized carbons (Fsp3) is 0.387. The van der Waals surface area contributed by atoms with E-state index in [0.29, 0.717) is 0 Å². The van der Waals surface area contributed by atoms with Crippen molar-refractivity contribution in [1.82, 2.24) is 0 Å². The van der Waals surface area contributed by atoms with Gasteiger partial charge >= 0.3 is 18.1 Å². The normalized spacial score (nSPS) is 12.0. The monoisotopic (exact) mass is 586 g/mol. The Morgan fingerprint density at radius 2 is 0.833 bits per heavy atom. The van der Waals surface area contributed by atoms with Crippen LogP contribution in [0.25, 0.3) is 0 Å². The van der Waals surface area contributed by atoms with Crippen LogP contribution in [0.3, 0.4) is 0 Å². The Labute approximate surface area is 245 Å². The summed E-state index contributed by atoms with van der Waals surface area (Å²) >= 11 is 0. The van der Waals surface area contributed by atoms with E-state index in [9.17, 15) is 14.4 Å². The molecule has 0 aliphatic heterocycles. The van der Waals surface area contributed by atoms with Gasteiger partial charge in [-0.1, -0.05) is 60.7 Å². The lowest BCUT2D eigenvalue weighted by atomic mass is 9.99. The zero-order valence-corrected chi connectivity index (χ0v) is 25.2. The Kier molecular flexibility index (Phi) is 10.9. The van der Waals surface area contributed by atoms with E-state index in [-0.39, 0.29) is 0 Å². The molecule has 2 aromatic rings. The molecule has 0 fully saturated rings. The van der Waals surface area contributed by atoms with Gasteiger partial charge < -0.3 is 28.7 Å². The minimum absolute atomic E-state index is 0.491. The van der Waals surface area contributed by atoms with Crippen LogP contribution in [0.5, 0.6) is 0 Å². The van der Waals surface area contributed by atoms with E-state index < -0.39 is 52.4 Å². The van der Waals surface area contributed by atoms with Crippen molar-refractivity contribution >= 4 is 18.1 Å². The Morgan fingerprint density at radius 3 is 1.14 bits per heavy atom. The van der Waals surface area contributed by atoms with E-state index in [1.165, 1.54) is 27.7 Å². The zero-order valence-electron chi connectivity index (χ0n) is 25.2. The third-order valence-corrected chi connectivity index (χ3v) is 5.43. The SMILES string of the molecule is C=C(OOC(C)(C)c1ccccc1)C(=O)OC(C)(C)OC(=O)OC(C)(C)OC(=O)C(=C)OOC(C)(C)c1ccccc1. The molecular weight excluding hydrogens is 548 g/mol. The Balaban J connectivity index is 1.84. The highest BCUT2D eigenvalue weighted by Crippen LogP contribution is 2.27. The molecule has 0 aliphatic rings. The van der Waals surface area contributed by atoms with Gasteiger partial charge in [-0.05, 0) is 52.0 Å². The van der Waals surface area contributed by atoms with Crippen LogP contribution >= 0.6 is 0 Å². The molecule has 11 nitrogen and oxygen atoms in total. The second-order valence-electron chi connectivity index (χ2n) is 11.0. The predicted molar refractivity (Wildman–Crippen MR) is 149 cm³/mol. The minimum Gasteiger partial charge on any atom is -0.417 e. The van der Waals surface area contributed by atoms with Crippen molar-refractivity contribution in [1.29, 1.82) is 0 Å². The first-order valence-electron chi connectivity index (χ1n) is 12.9. The number of esters is 2. The highest BCUT2D eigenvalue weighted by Gasteiger charge is 2.36. The number of ether oxygens (including phenoxy) is 4. The summed E-state index contributed by atoms with van der Waals surface area (Å²) in [6.07, 6.45) is -1.31. The number of hydrogen-bond donors (Lipinski definition) is 0. The maximum absolute atomic E-state index is 12.5. The van der Waals surface area contributed by atoms with E-state index in [4.69, 9.17) is 38.5 Å².